The zero-order chi connectivity index (χ0) is 23.6. The van der Waals surface area contributed by atoms with E-state index in [4.69, 9.17) is 9.47 Å². The summed E-state index contributed by atoms with van der Waals surface area (Å²) in [7, 11) is -3.71. The van der Waals surface area contributed by atoms with Gasteiger partial charge in [0.05, 0.1) is 35.7 Å². The Morgan fingerprint density at radius 2 is 2.00 bits per heavy atom. The van der Waals surface area contributed by atoms with Crippen molar-refractivity contribution in [1.29, 1.82) is 0 Å². The first-order chi connectivity index (χ1) is 15.8. The van der Waals surface area contributed by atoms with Crippen molar-refractivity contribution in [3.63, 3.8) is 0 Å². The minimum Gasteiger partial charge on any atom is -0.489 e. The van der Waals surface area contributed by atoms with Crippen LogP contribution in [-0.2, 0) is 19.6 Å². The van der Waals surface area contributed by atoms with E-state index < -0.39 is 10.0 Å². The number of sulfonamides is 1. The normalized spacial score (nSPS) is 17.3. The Morgan fingerprint density at radius 1 is 1.27 bits per heavy atom. The number of benzene rings is 1. The van der Waals surface area contributed by atoms with Crippen molar-refractivity contribution in [3.8, 4) is 5.75 Å². The lowest BCUT2D eigenvalue weighted by molar-refractivity contribution is -0.113. The van der Waals surface area contributed by atoms with Gasteiger partial charge in [-0.3, -0.25) is 4.79 Å². The topological polar surface area (TPSA) is 116 Å². The summed E-state index contributed by atoms with van der Waals surface area (Å²) in [6.07, 6.45) is 2.05. The summed E-state index contributed by atoms with van der Waals surface area (Å²) in [6, 6.07) is 4.97. The third-order valence-electron chi connectivity index (χ3n) is 5.27. The number of aromatic nitrogens is 3. The van der Waals surface area contributed by atoms with E-state index in [0.717, 1.165) is 18.7 Å². The molecule has 1 aliphatic carbocycles. The van der Waals surface area contributed by atoms with Crippen molar-refractivity contribution in [2.45, 2.75) is 55.8 Å². The molecule has 1 saturated heterocycles. The van der Waals surface area contributed by atoms with E-state index in [1.165, 1.54) is 28.2 Å². The molecule has 2 heterocycles. The molecule has 1 N–H and O–H groups in total. The van der Waals surface area contributed by atoms with Gasteiger partial charge in [0.25, 0.3) is 0 Å². The summed E-state index contributed by atoms with van der Waals surface area (Å²) < 4.78 is 40.7. The lowest BCUT2D eigenvalue weighted by Crippen LogP contribution is -2.40. The molecule has 180 valence electrons. The minimum absolute atomic E-state index is 0.104. The van der Waals surface area contributed by atoms with E-state index in [1.807, 2.05) is 20.8 Å². The van der Waals surface area contributed by atoms with Gasteiger partial charge >= 0.3 is 0 Å². The van der Waals surface area contributed by atoms with E-state index in [2.05, 4.69) is 20.1 Å². The van der Waals surface area contributed by atoms with Gasteiger partial charge in [-0.1, -0.05) is 11.8 Å². The third-order valence-corrected chi connectivity index (χ3v) is 8.11. The Labute approximate surface area is 198 Å². The van der Waals surface area contributed by atoms with Crippen molar-refractivity contribution < 1.29 is 22.7 Å². The fourth-order valence-electron chi connectivity index (χ4n) is 3.58. The third kappa shape index (κ3) is 5.68. The molecule has 1 aliphatic heterocycles. The lowest BCUT2D eigenvalue weighted by atomic mass is 10.3. The average molecular weight is 496 g/mol. The zero-order valence-corrected chi connectivity index (χ0v) is 20.6. The fraction of sp³-hybridized carbons (Fsp3) is 0.571. The Bertz CT molecular complexity index is 1110. The number of carbonyl (C=O) groups is 1. The second kappa shape index (κ2) is 10.00. The number of ether oxygens (including phenoxy) is 2. The monoisotopic (exact) mass is 495 g/mol. The zero-order valence-electron chi connectivity index (χ0n) is 19.0. The van der Waals surface area contributed by atoms with Crippen molar-refractivity contribution in [3.05, 3.63) is 24.0 Å². The molecule has 4 rings (SSSR count). The molecule has 0 unspecified atom stereocenters. The molecular weight excluding hydrogens is 466 g/mol. The van der Waals surface area contributed by atoms with Crippen molar-refractivity contribution in [2.24, 2.45) is 0 Å². The highest BCUT2D eigenvalue weighted by atomic mass is 32.2. The Hall–Kier alpha value is -2.15. The number of nitrogens with zero attached hydrogens (tertiary/aromatic N) is 4. The predicted molar refractivity (Wildman–Crippen MR) is 124 cm³/mol. The number of hydrogen-bond donors (Lipinski definition) is 1. The molecule has 1 saturated carbocycles. The lowest BCUT2D eigenvalue weighted by Gasteiger charge is -2.26. The highest BCUT2D eigenvalue weighted by molar-refractivity contribution is 7.99. The van der Waals surface area contributed by atoms with Crippen LogP contribution in [0.1, 0.15) is 38.6 Å². The number of nitrogens with one attached hydrogen (secondary N) is 1. The van der Waals surface area contributed by atoms with Crippen LogP contribution in [0.4, 0.5) is 5.69 Å². The van der Waals surface area contributed by atoms with Gasteiger partial charge in [-0.15, -0.1) is 10.2 Å². The maximum absolute atomic E-state index is 13.1. The van der Waals surface area contributed by atoms with Crippen LogP contribution < -0.4 is 10.1 Å². The molecule has 0 spiro atoms. The Kier molecular flexibility index (Phi) is 7.27. The smallest absolute Gasteiger partial charge is 0.243 e. The van der Waals surface area contributed by atoms with Crippen LogP contribution in [0.25, 0.3) is 0 Å². The minimum atomic E-state index is -3.71. The number of amides is 1. The van der Waals surface area contributed by atoms with E-state index in [9.17, 15) is 13.2 Å². The van der Waals surface area contributed by atoms with Gasteiger partial charge < -0.3 is 19.4 Å². The highest BCUT2D eigenvalue weighted by Gasteiger charge is 2.29. The first-order valence-electron chi connectivity index (χ1n) is 11.0. The van der Waals surface area contributed by atoms with E-state index >= 15 is 0 Å². The number of morpholine rings is 1. The molecule has 1 aromatic carbocycles. The molecule has 2 aliphatic rings. The molecule has 2 fully saturated rings. The largest absolute Gasteiger partial charge is 0.489 e. The number of rotatable bonds is 9. The van der Waals surface area contributed by atoms with Crippen LogP contribution in [-0.4, -0.2) is 71.6 Å². The quantitative estimate of drug-likeness (QED) is 0.528. The molecule has 1 amide bonds. The Balaban J connectivity index is 1.50. The molecular formula is C21H29N5O5S2. The molecule has 1 aromatic heterocycles. The van der Waals surface area contributed by atoms with Crippen molar-refractivity contribution in [2.75, 3.05) is 37.4 Å². The number of aryl methyl sites for hydroxylation is 1. The highest BCUT2D eigenvalue weighted by Crippen LogP contribution is 2.38. The van der Waals surface area contributed by atoms with E-state index in [1.54, 1.807) is 6.07 Å². The summed E-state index contributed by atoms with van der Waals surface area (Å²) >= 11 is 1.31. The van der Waals surface area contributed by atoms with E-state index in [-0.39, 0.29) is 22.7 Å². The molecule has 12 heteroatoms. The second-order valence-electron chi connectivity index (χ2n) is 8.31. The van der Waals surface area contributed by atoms with Crippen LogP contribution in [0.5, 0.6) is 5.75 Å². The average Bonchev–Trinajstić information content (AvgIpc) is 3.55. The number of anilines is 1. The summed E-state index contributed by atoms with van der Waals surface area (Å²) in [5.41, 5.74) is 0.323. The second-order valence-corrected chi connectivity index (χ2v) is 11.2. The number of thioether (sulfide) groups is 1. The van der Waals surface area contributed by atoms with Crippen molar-refractivity contribution in [1.82, 2.24) is 19.1 Å². The number of hydrogen-bond acceptors (Lipinski definition) is 8. The van der Waals surface area contributed by atoms with Gasteiger partial charge in [0, 0.05) is 19.1 Å². The molecule has 10 nitrogen and oxygen atoms in total. The molecule has 0 atom stereocenters. The van der Waals surface area contributed by atoms with Crippen LogP contribution in [0, 0.1) is 6.92 Å². The maximum Gasteiger partial charge on any atom is 0.243 e. The fourth-order valence-corrected chi connectivity index (χ4v) is 5.86. The first kappa shape index (κ1) is 24.0. The maximum atomic E-state index is 13.1. The van der Waals surface area contributed by atoms with Crippen molar-refractivity contribution >= 4 is 33.4 Å². The summed E-state index contributed by atoms with van der Waals surface area (Å²) in [6.45, 7) is 6.96. The predicted octanol–water partition coefficient (Wildman–Crippen LogP) is 2.46. The van der Waals surface area contributed by atoms with Gasteiger partial charge in [0.2, 0.25) is 15.9 Å². The Morgan fingerprint density at radius 3 is 2.67 bits per heavy atom. The van der Waals surface area contributed by atoms with Gasteiger partial charge in [-0.05, 0) is 51.8 Å². The molecule has 2 aromatic rings. The van der Waals surface area contributed by atoms with Crippen LogP contribution in [0.15, 0.2) is 28.3 Å². The standard InChI is InChI=1S/C21H29N5O5S2/c1-14(2)31-19-7-6-17(33(28,29)25-8-10-30-11-9-25)12-18(19)22-20(27)13-32-21-24-23-15(3)26(21)16-4-5-16/h6-7,12,14,16H,4-5,8-11,13H2,1-3H3,(H,22,27). The molecule has 0 bridgehead atoms. The van der Waals surface area contributed by atoms with Crippen LogP contribution in [0.2, 0.25) is 0 Å². The summed E-state index contributed by atoms with van der Waals surface area (Å²) in [5.74, 6) is 1.10. The van der Waals surface area contributed by atoms with Gasteiger partial charge in [0.1, 0.15) is 11.6 Å². The summed E-state index contributed by atoms with van der Waals surface area (Å²) in [4.78, 5) is 12.9. The van der Waals surface area contributed by atoms with Gasteiger partial charge in [0.15, 0.2) is 5.16 Å². The molecule has 0 radical (unpaired) electrons. The number of carbonyl (C=O) groups excluding carboxylic acids is 1. The van der Waals surface area contributed by atoms with E-state index in [0.29, 0.717) is 48.9 Å². The SMILES string of the molecule is Cc1nnc(SCC(=O)Nc2cc(S(=O)(=O)N3CCOCC3)ccc2OC(C)C)n1C1CC1. The van der Waals surface area contributed by atoms with Crippen LogP contribution >= 0.6 is 11.8 Å². The van der Waals surface area contributed by atoms with Crippen LogP contribution in [0.3, 0.4) is 0 Å². The van der Waals surface area contributed by atoms with Gasteiger partial charge in [-0.25, -0.2) is 8.42 Å². The summed E-state index contributed by atoms with van der Waals surface area (Å²) in [5, 5.41) is 11.9. The first-order valence-corrected chi connectivity index (χ1v) is 13.4. The molecule has 33 heavy (non-hydrogen) atoms. The van der Waals surface area contributed by atoms with Gasteiger partial charge in [-0.2, -0.15) is 4.31 Å².